The van der Waals surface area contributed by atoms with E-state index in [0.717, 1.165) is 28.9 Å². The quantitative estimate of drug-likeness (QED) is 0.337. The molecule has 1 N–H and O–H groups in total. The smallest absolute Gasteiger partial charge is 0.119 e. The Morgan fingerprint density at radius 2 is 2.10 bits per heavy atom. The molecule has 30 heavy (non-hydrogen) atoms. The summed E-state index contributed by atoms with van der Waals surface area (Å²) in [6.45, 7) is 11.1. The van der Waals surface area contributed by atoms with E-state index < -0.39 is 0 Å². The number of fused-ring (bicyclic) bond motifs is 1. The number of methoxy groups -OCH3 is 1. The molecule has 1 aliphatic rings. The zero-order valence-corrected chi connectivity index (χ0v) is 18.9. The van der Waals surface area contributed by atoms with Crippen molar-refractivity contribution in [2.75, 3.05) is 38.6 Å². The lowest BCUT2D eigenvalue weighted by atomic mass is 9.83. The number of piperidine rings is 1. The molecule has 1 fully saturated rings. The molecule has 2 atom stereocenters. The predicted molar refractivity (Wildman–Crippen MR) is 128 cm³/mol. The molecule has 1 aromatic carbocycles. The van der Waals surface area contributed by atoms with Crippen LogP contribution in [0.15, 0.2) is 43.1 Å². The fourth-order valence-corrected chi connectivity index (χ4v) is 4.67. The van der Waals surface area contributed by atoms with Gasteiger partial charge in [-0.15, -0.1) is 6.58 Å². The molecule has 0 aliphatic carbocycles. The average Bonchev–Trinajstić information content (AvgIpc) is 2.79. The van der Waals surface area contributed by atoms with E-state index in [2.05, 4.69) is 46.9 Å². The van der Waals surface area contributed by atoms with Crippen LogP contribution >= 0.6 is 0 Å². The fraction of sp³-hybridized carbons (Fsp3) is 0.577. The summed E-state index contributed by atoms with van der Waals surface area (Å²) in [6.07, 6.45) is 13.3. The first-order valence-electron chi connectivity index (χ1n) is 11.8. The Hall–Kier alpha value is -2.07. The van der Waals surface area contributed by atoms with Gasteiger partial charge in [-0.3, -0.25) is 4.98 Å². The van der Waals surface area contributed by atoms with Gasteiger partial charge in [0.15, 0.2) is 0 Å². The van der Waals surface area contributed by atoms with Crippen LogP contribution in [0.1, 0.15) is 51.9 Å². The molecule has 0 unspecified atom stereocenters. The minimum Gasteiger partial charge on any atom is -0.497 e. The number of rotatable bonds is 12. The molecule has 4 nitrogen and oxygen atoms in total. The van der Waals surface area contributed by atoms with Crippen molar-refractivity contribution in [3.63, 3.8) is 0 Å². The molecule has 1 aliphatic heterocycles. The normalized spacial score (nSPS) is 19.7. The second kappa shape index (κ2) is 11.9. The van der Waals surface area contributed by atoms with Gasteiger partial charge in [-0.1, -0.05) is 38.7 Å². The van der Waals surface area contributed by atoms with E-state index in [0.29, 0.717) is 11.8 Å². The second-order valence-corrected chi connectivity index (χ2v) is 8.62. The zero-order valence-electron chi connectivity index (χ0n) is 18.9. The molecule has 164 valence electrons. The number of ether oxygens (including phenoxy) is 1. The topological polar surface area (TPSA) is 37.4 Å². The molecule has 0 amide bonds. The van der Waals surface area contributed by atoms with Gasteiger partial charge in [0.05, 0.1) is 12.6 Å². The summed E-state index contributed by atoms with van der Waals surface area (Å²) in [5.74, 6) is 2.19. The van der Waals surface area contributed by atoms with Gasteiger partial charge in [0.25, 0.3) is 0 Å². The molecule has 3 rings (SSSR count). The highest BCUT2D eigenvalue weighted by molar-refractivity contribution is 5.92. The summed E-state index contributed by atoms with van der Waals surface area (Å²) in [5, 5.41) is 4.77. The third-order valence-corrected chi connectivity index (χ3v) is 6.55. The standard InChI is InChI=1S/C26H39N3O/c1-4-6-7-8-9-17-29-18-14-22(21(5-2)20-29)12-15-27-26-13-16-28-25-11-10-23(30-3)19-24(25)26/h5,10-11,13,16,19,21-22H,2,4,6-9,12,14-15,17-18,20H2,1,3H3,(H,27,28)/t21-,22+/m0/s1. The van der Waals surface area contributed by atoms with Crippen LogP contribution in [-0.4, -0.2) is 43.2 Å². The number of likely N-dealkylation sites (tertiary alicyclic amines) is 1. The highest BCUT2D eigenvalue weighted by Crippen LogP contribution is 2.29. The van der Waals surface area contributed by atoms with Crippen molar-refractivity contribution < 1.29 is 4.74 Å². The number of hydrogen-bond acceptors (Lipinski definition) is 4. The van der Waals surface area contributed by atoms with E-state index in [9.17, 15) is 0 Å². The molecule has 4 heteroatoms. The maximum atomic E-state index is 5.39. The van der Waals surface area contributed by atoms with E-state index in [1.165, 1.54) is 64.6 Å². The molecule has 0 spiro atoms. The minimum atomic E-state index is 0.602. The minimum absolute atomic E-state index is 0.602. The maximum absolute atomic E-state index is 5.39. The third kappa shape index (κ3) is 6.21. The van der Waals surface area contributed by atoms with Crippen LogP contribution in [-0.2, 0) is 0 Å². The first-order chi connectivity index (χ1) is 14.7. The summed E-state index contributed by atoms with van der Waals surface area (Å²) in [4.78, 5) is 7.13. The number of unbranched alkanes of at least 4 members (excludes halogenated alkanes) is 4. The Morgan fingerprint density at radius 1 is 1.23 bits per heavy atom. The summed E-state index contributed by atoms with van der Waals surface area (Å²) in [5.41, 5.74) is 2.13. The third-order valence-electron chi connectivity index (χ3n) is 6.55. The number of hydrogen-bond donors (Lipinski definition) is 1. The molecule has 2 heterocycles. The number of pyridine rings is 1. The number of aromatic nitrogens is 1. The van der Waals surface area contributed by atoms with Gasteiger partial charge in [0.2, 0.25) is 0 Å². The van der Waals surface area contributed by atoms with Gasteiger partial charge in [-0.25, -0.2) is 0 Å². The Kier molecular flexibility index (Phi) is 9.00. The van der Waals surface area contributed by atoms with Gasteiger partial charge in [-0.05, 0) is 68.5 Å². The predicted octanol–water partition coefficient (Wildman–Crippen LogP) is 6.14. The lowest BCUT2D eigenvalue weighted by Crippen LogP contribution is -2.40. The van der Waals surface area contributed by atoms with Crippen molar-refractivity contribution in [3.8, 4) is 5.75 Å². The zero-order chi connectivity index (χ0) is 21.2. The summed E-state index contributed by atoms with van der Waals surface area (Å²) < 4.78 is 5.39. The van der Waals surface area contributed by atoms with Crippen molar-refractivity contribution in [3.05, 3.63) is 43.1 Å². The Balaban J connectivity index is 1.48. The molecular formula is C26H39N3O. The van der Waals surface area contributed by atoms with Crippen LogP contribution in [0.4, 0.5) is 5.69 Å². The number of nitrogens with zero attached hydrogens (tertiary/aromatic N) is 2. The average molecular weight is 410 g/mol. The first-order valence-corrected chi connectivity index (χ1v) is 11.8. The number of benzene rings is 1. The van der Waals surface area contributed by atoms with Gasteiger partial charge >= 0.3 is 0 Å². The summed E-state index contributed by atoms with van der Waals surface area (Å²) >= 11 is 0. The number of anilines is 1. The Morgan fingerprint density at radius 3 is 2.90 bits per heavy atom. The van der Waals surface area contributed by atoms with E-state index in [1.807, 2.05) is 18.3 Å². The molecule has 0 saturated carbocycles. The van der Waals surface area contributed by atoms with Gasteiger partial charge in [0.1, 0.15) is 5.75 Å². The fourth-order valence-electron chi connectivity index (χ4n) is 4.67. The number of nitrogens with one attached hydrogen (secondary N) is 1. The van der Waals surface area contributed by atoms with Crippen molar-refractivity contribution in [2.24, 2.45) is 11.8 Å². The highest BCUT2D eigenvalue weighted by Gasteiger charge is 2.26. The van der Waals surface area contributed by atoms with Crippen LogP contribution in [0.2, 0.25) is 0 Å². The molecule has 2 aromatic rings. The SMILES string of the molecule is C=C[C@H]1CN(CCCCCCC)CC[C@H]1CCNc1ccnc2ccc(OC)cc12. The second-order valence-electron chi connectivity index (χ2n) is 8.62. The maximum Gasteiger partial charge on any atom is 0.119 e. The van der Waals surface area contributed by atoms with Gasteiger partial charge in [-0.2, -0.15) is 0 Å². The van der Waals surface area contributed by atoms with Gasteiger partial charge < -0.3 is 15.0 Å². The van der Waals surface area contributed by atoms with E-state index in [4.69, 9.17) is 4.74 Å². The van der Waals surface area contributed by atoms with Crippen molar-refractivity contribution in [1.82, 2.24) is 9.88 Å². The van der Waals surface area contributed by atoms with Crippen molar-refractivity contribution in [2.45, 2.75) is 51.9 Å². The first kappa shape index (κ1) is 22.6. The van der Waals surface area contributed by atoms with Crippen LogP contribution in [0.25, 0.3) is 10.9 Å². The largest absolute Gasteiger partial charge is 0.497 e. The molecule has 1 saturated heterocycles. The van der Waals surface area contributed by atoms with Crippen molar-refractivity contribution in [1.29, 1.82) is 0 Å². The van der Waals surface area contributed by atoms with Gasteiger partial charge in [0, 0.05) is 30.4 Å². The van der Waals surface area contributed by atoms with Crippen LogP contribution in [0.3, 0.4) is 0 Å². The molecule has 0 bridgehead atoms. The summed E-state index contributed by atoms with van der Waals surface area (Å²) in [6, 6.07) is 8.11. The van der Waals surface area contributed by atoms with Crippen LogP contribution < -0.4 is 10.1 Å². The molecular weight excluding hydrogens is 370 g/mol. The highest BCUT2D eigenvalue weighted by atomic mass is 16.5. The lowest BCUT2D eigenvalue weighted by Gasteiger charge is -2.37. The lowest BCUT2D eigenvalue weighted by molar-refractivity contribution is 0.139. The summed E-state index contributed by atoms with van der Waals surface area (Å²) in [7, 11) is 1.71. The Labute approximate surface area is 182 Å². The van der Waals surface area contributed by atoms with E-state index in [-0.39, 0.29) is 0 Å². The van der Waals surface area contributed by atoms with E-state index in [1.54, 1.807) is 7.11 Å². The molecule has 1 aromatic heterocycles. The molecule has 0 radical (unpaired) electrons. The Bertz CT molecular complexity index is 791. The van der Waals surface area contributed by atoms with Crippen molar-refractivity contribution >= 4 is 16.6 Å². The van der Waals surface area contributed by atoms with E-state index >= 15 is 0 Å². The van der Waals surface area contributed by atoms with Crippen LogP contribution in [0.5, 0.6) is 5.75 Å². The van der Waals surface area contributed by atoms with Crippen LogP contribution in [0, 0.1) is 11.8 Å². The monoisotopic (exact) mass is 409 g/mol.